The molecular formula is C21H24FN3O5S. The van der Waals surface area contributed by atoms with Crippen molar-refractivity contribution < 1.29 is 27.1 Å². The van der Waals surface area contributed by atoms with E-state index >= 15 is 0 Å². The normalized spacial score (nSPS) is 14.7. The molecule has 3 rings (SSSR count). The average molecular weight is 450 g/mol. The number of amides is 2. The fourth-order valence-electron chi connectivity index (χ4n) is 3.09. The van der Waals surface area contributed by atoms with E-state index in [-0.39, 0.29) is 36.2 Å². The molecule has 166 valence electrons. The largest absolute Gasteiger partial charge is 0.379 e. The zero-order valence-corrected chi connectivity index (χ0v) is 17.7. The lowest BCUT2D eigenvalue weighted by Gasteiger charge is -2.26. The van der Waals surface area contributed by atoms with Crippen LogP contribution in [0.5, 0.6) is 0 Å². The van der Waals surface area contributed by atoms with Gasteiger partial charge in [-0.05, 0) is 42.0 Å². The first-order chi connectivity index (χ1) is 14.9. The molecule has 1 aliphatic heterocycles. The lowest BCUT2D eigenvalue weighted by molar-refractivity contribution is -0.120. The molecule has 0 saturated carbocycles. The number of morpholine rings is 1. The molecule has 0 radical (unpaired) electrons. The molecule has 1 fully saturated rings. The fourth-order valence-corrected chi connectivity index (χ4v) is 4.50. The zero-order valence-electron chi connectivity index (χ0n) is 16.8. The van der Waals surface area contributed by atoms with Crippen molar-refractivity contribution in [2.75, 3.05) is 39.4 Å². The first kappa shape index (κ1) is 22.9. The predicted molar refractivity (Wildman–Crippen MR) is 111 cm³/mol. The topological polar surface area (TPSA) is 105 Å². The molecule has 0 atom stereocenters. The van der Waals surface area contributed by atoms with E-state index in [2.05, 4.69) is 10.6 Å². The van der Waals surface area contributed by atoms with Gasteiger partial charge in [0.15, 0.2) is 0 Å². The Hall–Kier alpha value is -2.82. The first-order valence-corrected chi connectivity index (χ1v) is 11.3. The van der Waals surface area contributed by atoms with Gasteiger partial charge in [-0.2, -0.15) is 4.31 Å². The third-order valence-electron chi connectivity index (χ3n) is 4.71. The molecule has 0 bridgehead atoms. The quantitative estimate of drug-likeness (QED) is 0.584. The van der Waals surface area contributed by atoms with E-state index in [4.69, 9.17) is 4.74 Å². The van der Waals surface area contributed by atoms with Crippen LogP contribution in [0.2, 0.25) is 0 Å². The van der Waals surface area contributed by atoms with Gasteiger partial charge in [0, 0.05) is 31.7 Å². The summed E-state index contributed by atoms with van der Waals surface area (Å²) in [6.07, 6.45) is 0.0464. The Labute approximate surface area is 180 Å². The maximum atomic E-state index is 13.1. The second-order valence-electron chi connectivity index (χ2n) is 6.95. The Morgan fingerprint density at radius 2 is 1.68 bits per heavy atom. The number of carbonyl (C=O) groups excluding carboxylic acids is 2. The van der Waals surface area contributed by atoms with E-state index < -0.39 is 15.8 Å². The van der Waals surface area contributed by atoms with E-state index in [1.807, 2.05) is 0 Å². The molecule has 2 aromatic carbocycles. The summed E-state index contributed by atoms with van der Waals surface area (Å²) in [5, 5.41) is 5.31. The van der Waals surface area contributed by atoms with Crippen LogP contribution < -0.4 is 10.6 Å². The van der Waals surface area contributed by atoms with Crippen molar-refractivity contribution in [3.05, 3.63) is 65.5 Å². The summed E-state index contributed by atoms with van der Waals surface area (Å²) >= 11 is 0. The molecule has 0 spiro atoms. The SMILES string of the molecule is O=C(Cc1cccc(F)c1)NCCNC(=O)c1ccc(S(=O)(=O)N2CCOCC2)cc1. The summed E-state index contributed by atoms with van der Waals surface area (Å²) in [5.74, 6) is -1.06. The summed E-state index contributed by atoms with van der Waals surface area (Å²) < 4.78 is 44.9. The van der Waals surface area contributed by atoms with Crippen molar-refractivity contribution in [3.63, 3.8) is 0 Å². The van der Waals surface area contributed by atoms with E-state index in [1.54, 1.807) is 6.07 Å². The van der Waals surface area contributed by atoms with E-state index in [9.17, 15) is 22.4 Å². The number of carbonyl (C=O) groups is 2. The number of sulfonamides is 1. The van der Waals surface area contributed by atoms with Crippen molar-refractivity contribution in [2.45, 2.75) is 11.3 Å². The molecule has 0 aliphatic carbocycles. The summed E-state index contributed by atoms with van der Waals surface area (Å²) in [7, 11) is -3.61. The van der Waals surface area contributed by atoms with Gasteiger partial charge in [0.25, 0.3) is 5.91 Å². The van der Waals surface area contributed by atoms with Gasteiger partial charge in [0.05, 0.1) is 24.5 Å². The highest BCUT2D eigenvalue weighted by Gasteiger charge is 2.26. The minimum atomic E-state index is -3.61. The highest BCUT2D eigenvalue weighted by atomic mass is 32.2. The Bertz CT molecular complexity index is 1020. The number of hydrogen-bond donors (Lipinski definition) is 2. The summed E-state index contributed by atoms with van der Waals surface area (Å²) in [6.45, 7) is 1.73. The van der Waals surface area contributed by atoms with Crippen LogP contribution in [0.1, 0.15) is 15.9 Å². The first-order valence-electron chi connectivity index (χ1n) is 9.83. The van der Waals surface area contributed by atoms with Crippen molar-refractivity contribution in [3.8, 4) is 0 Å². The minimum Gasteiger partial charge on any atom is -0.379 e. The number of hydrogen-bond acceptors (Lipinski definition) is 5. The number of nitrogens with one attached hydrogen (secondary N) is 2. The molecule has 31 heavy (non-hydrogen) atoms. The van der Waals surface area contributed by atoms with Crippen LogP contribution >= 0.6 is 0 Å². The Morgan fingerprint density at radius 1 is 1.00 bits per heavy atom. The van der Waals surface area contributed by atoms with Gasteiger partial charge in [0.1, 0.15) is 5.82 Å². The molecule has 1 heterocycles. The highest BCUT2D eigenvalue weighted by Crippen LogP contribution is 2.17. The van der Waals surface area contributed by atoms with Gasteiger partial charge in [0.2, 0.25) is 15.9 Å². The number of ether oxygens (including phenoxy) is 1. The van der Waals surface area contributed by atoms with E-state index in [1.165, 1.54) is 46.8 Å². The predicted octanol–water partition coefficient (Wildman–Crippen LogP) is 0.935. The smallest absolute Gasteiger partial charge is 0.251 e. The van der Waals surface area contributed by atoms with Crippen LogP contribution in [-0.4, -0.2) is 63.9 Å². The van der Waals surface area contributed by atoms with E-state index in [0.717, 1.165) is 0 Å². The number of nitrogens with zero attached hydrogens (tertiary/aromatic N) is 1. The van der Waals surface area contributed by atoms with Crippen molar-refractivity contribution in [1.82, 2.24) is 14.9 Å². The molecular weight excluding hydrogens is 425 g/mol. The molecule has 1 saturated heterocycles. The molecule has 2 amide bonds. The maximum absolute atomic E-state index is 13.1. The third-order valence-corrected chi connectivity index (χ3v) is 6.62. The minimum absolute atomic E-state index is 0.0464. The van der Waals surface area contributed by atoms with Crippen molar-refractivity contribution >= 4 is 21.8 Å². The standard InChI is InChI=1S/C21H24FN3O5S/c22-18-3-1-2-16(14-18)15-20(26)23-8-9-24-21(27)17-4-6-19(7-5-17)31(28,29)25-10-12-30-13-11-25/h1-7,14H,8-13,15H2,(H,23,26)(H,24,27). The van der Waals surface area contributed by atoms with Gasteiger partial charge in [-0.3, -0.25) is 9.59 Å². The zero-order chi connectivity index (χ0) is 22.3. The molecule has 2 aromatic rings. The molecule has 10 heteroatoms. The van der Waals surface area contributed by atoms with Crippen LogP contribution in [0.3, 0.4) is 0 Å². The van der Waals surface area contributed by atoms with Crippen LogP contribution in [0.4, 0.5) is 4.39 Å². The van der Waals surface area contributed by atoms with E-state index in [0.29, 0.717) is 37.4 Å². The second-order valence-corrected chi connectivity index (χ2v) is 8.89. The van der Waals surface area contributed by atoms with Crippen molar-refractivity contribution in [2.24, 2.45) is 0 Å². The molecule has 2 N–H and O–H groups in total. The molecule has 8 nitrogen and oxygen atoms in total. The van der Waals surface area contributed by atoms with Gasteiger partial charge in [-0.15, -0.1) is 0 Å². The summed E-state index contributed by atoms with van der Waals surface area (Å²) in [6, 6.07) is 11.5. The van der Waals surface area contributed by atoms with Crippen molar-refractivity contribution in [1.29, 1.82) is 0 Å². The van der Waals surface area contributed by atoms with Crippen LogP contribution in [0.25, 0.3) is 0 Å². The lowest BCUT2D eigenvalue weighted by Crippen LogP contribution is -2.40. The van der Waals surface area contributed by atoms with Crippen LogP contribution in [0.15, 0.2) is 53.4 Å². The van der Waals surface area contributed by atoms with Gasteiger partial charge < -0.3 is 15.4 Å². The van der Waals surface area contributed by atoms with Gasteiger partial charge >= 0.3 is 0 Å². The average Bonchev–Trinajstić information content (AvgIpc) is 2.77. The highest BCUT2D eigenvalue weighted by molar-refractivity contribution is 7.89. The van der Waals surface area contributed by atoms with Gasteiger partial charge in [-0.25, -0.2) is 12.8 Å². The fraction of sp³-hybridized carbons (Fsp3) is 0.333. The molecule has 0 unspecified atom stereocenters. The monoisotopic (exact) mass is 449 g/mol. The van der Waals surface area contributed by atoms with Gasteiger partial charge in [-0.1, -0.05) is 12.1 Å². The Kier molecular flexibility index (Phi) is 7.72. The molecule has 1 aliphatic rings. The number of rotatable bonds is 8. The number of halogens is 1. The summed E-state index contributed by atoms with van der Waals surface area (Å²) in [4.78, 5) is 24.2. The molecule has 0 aromatic heterocycles. The van der Waals surface area contributed by atoms with Crippen LogP contribution in [-0.2, 0) is 26.0 Å². The second kappa shape index (κ2) is 10.5. The Balaban J connectivity index is 1.44. The lowest BCUT2D eigenvalue weighted by atomic mass is 10.1. The number of benzene rings is 2. The third kappa shape index (κ3) is 6.33. The summed E-state index contributed by atoms with van der Waals surface area (Å²) in [5.41, 5.74) is 0.876. The van der Waals surface area contributed by atoms with Crippen LogP contribution in [0, 0.1) is 5.82 Å². The maximum Gasteiger partial charge on any atom is 0.251 e. The Morgan fingerprint density at radius 3 is 2.35 bits per heavy atom.